The van der Waals surface area contributed by atoms with Crippen molar-refractivity contribution in [3.05, 3.63) is 42.2 Å². The highest BCUT2D eigenvalue weighted by Crippen LogP contribution is 2.11. The largest absolute Gasteiger partial charge is 0.491 e. The van der Waals surface area contributed by atoms with Crippen LogP contribution in [0.15, 0.2) is 36.7 Å². The SMILES string of the molecule is O=Cc1ccc(OC[C@H](O)Cn2ccnn2)cc1. The van der Waals surface area contributed by atoms with E-state index < -0.39 is 6.10 Å². The molecule has 0 saturated heterocycles. The number of aliphatic hydroxyl groups excluding tert-OH is 1. The summed E-state index contributed by atoms with van der Waals surface area (Å²) in [6.07, 6.45) is 3.31. The maximum atomic E-state index is 10.5. The normalized spacial score (nSPS) is 12.1. The molecule has 94 valence electrons. The van der Waals surface area contributed by atoms with Crippen LogP contribution in [0.3, 0.4) is 0 Å². The van der Waals surface area contributed by atoms with Crippen LogP contribution in [0.1, 0.15) is 10.4 Å². The summed E-state index contributed by atoms with van der Waals surface area (Å²) in [6.45, 7) is 0.479. The van der Waals surface area contributed by atoms with Gasteiger partial charge in [0.15, 0.2) is 0 Å². The smallest absolute Gasteiger partial charge is 0.150 e. The molecule has 0 amide bonds. The molecule has 18 heavy (non-hydrogen) atoms. The van der Waals surface area contributed by atoms with E-state index in [1.54, 1.807) is 36.7 Å². The number of hydrogen-bond acceptors (Lipinski definition) is 5. The summed E-state index contributed by atoms with van der Waals surface area (Å²) in [5.41, 5.74) is 0.588. The van der Waals surface area contributed by atoms with Crippen molar-refractivity contribution in [3.63, 3.8) is 0 Å². The second-order valence-corrected chi connectivity index (χ2v) is 3.78. The van der Waals surface area contributed by atoms with Crippen LogP contribution in [0.5, 0.6) is 5.75 Å². The Kier molecular flexibility index (Phi) is 4.03. The fraction of sp³-hybridized carbons (Fsp3) is 0.250. The first-order chi connectivity index (χ1) is 8.78. The summed E-state index contributed by atoms with van der Waals surface area (Å²) in [5, 5.41) is 17.1. The lowest BCUT2D eigenvalue weighted by Gasteiger charge is -2.12. The Bertz CT molecular complexity index is 482. The molecule has 6 heteroatoms. The first kappa shape index (κ1) is 12.3. The van der Waals surface area contributed by atoms with E-state index in [4.69, 9.17) is 4.74 Å². The minimum absolute atomic E-state index is 0.153. The van der Waals surface area contributed by atoms with Gasteiger partial charge in [-0.2, -0.15) is 0 Å². The van der Waals surface area contributed by atoms with Crippen LogP contribution in [0.4, 0.5) is 0 Å². The van der Waals surface area contributed by atoms with Gasteiger partial charge < -0.3 is 9.84 Å². The third-order valence-electron chi connectivity index (χ3n) is 2.33. The molecule has 0 saturated carbocycles. The summed E-state index contributed by atoms with van der Waals surface area (Å²) in [6, 6.07) is 6.69. The number of ether oxygens (including phenoxy) is 1. The fourth-order valence-corrected chi connectivity index (χ4v) is 1.43. The monoisotopic (exact) mass is 247 g/mol. The molecule has 6 nitrogen and oxygen atoms in total. The average Bonchev–Trinajstić information content (AvgIpc) is 2.90. The van der Waals surface area contributed by atoms with Crippen molar-refractivity contribution < 1.29 is 14.6 Å². The summed E-state index contributed by atoms with van der Waals surface area (Å²) in [7, 11) is 0. The van der Waals surface area contributed by atoms with Gasteiger partial charge in [-0.1, -0.05) is 5.21 Å². The third kappa shape index (κ3) is 3.39. The molecular formula is C12H13N3O3. The number of aldehydes is 1. The molecule has 1 aromatic carbocycles. The minimum Gasteiger partial charge on any atom is -0.491 e. The predicted molar refractivity (Wildman–Crippen MR) is 63.4 cm³/mol. The molecule has 1 atom stereocenters. The zero-order valence-corrected chi connectivity index (χ0v) is 9.64. The lowest BCUT2D eigenvalue weighted by atomic mass is 10.2. The van der Waals surface area contributed by atoms with Crippen LogP contribution in [-0.4, -0.2) is 39.1 Å². The van der Waals surface area contributed by atoms with Gasteiger partial charge in [0.05, 0.1) is 12.7 Å². The van der Waals surface area contributed by atoms with Crippen molar-refractivity contribution in [3.8, 4) is 5.75 Å². The number of rotatable bonds is 6. The number of aliphatic hydroxyl groups is 1. The van der Waals surface area contributed by atoms with Crippen LogP contribution < -0.4 is 4.74 Å². The molecule has 0 aliphatic heterocycles. The molecule has 1 heterocycles. The molecule has 1 aromatic heterocycles. The Morgan fingerprint density at radius 2 is 2.17 bits per heavy atom. The van der Waals surface area contributed by atoms with Gasteiger partial charge in [-0.3, -0.25) is 4.79 Å². The lowest BCUT2D eigenvalue weighted by Crippen LogP contribution is -2.23. The van der Waals surface area contributed by atoms with Gasteiger partial charge in [-0.05, 0) is 24.3 Å². The van der Waals surface area contributed by atoms with E-state index in [9.17, 15) is 9.90 Å². The van der Waals surface area contributed by atoms with E-state index in [2.05, 4.69) is 10.3 Å². The highest BCUT2D eigenvalue weighted by Gasteiger charge is 2.06. The summed E-state index contributed by atoms with van der Waals surface area (Å²) >= 11 is 0. The fourth-order valence-electron chi connectivity index (χ4n) is 1.43. The Morgan fingerprint density at radius 1 is 1.39 bits per heavy atom. The zero-order valence-electron chi connectivity index (χ0n) is 9.64. The number of carbonyl (C=O) groups is 1. The van der Waals surface area contributed by atoms with Gasteiger partial charge in [-0.25, -0.2) is 4.68 Å². The number of nitrogens with zero attached hydrogens (tertiary/aromatic N) is 3. The van der Waals surface area contributed by atoms with E-state index in [0.717, 1.165) is 6.29 Å². The molecule has 0 radical (unpaired) electrons. The van der Waals surface area contributed by atoms with Crippen molar-refractivity contribution >= 4 is 6.29 Å². The third-order valence-corrected chi connectivity index (χ3v) is 2.33. The number of hydrogen-bond donors (Lipinski definition) is 1. The van der Waals surface area contributed by atoms with E-state index in [0.29, 0.717) is 17.9 Å². The first-order valence-corrected chi connectivity index (χ1v) is 5.48. The summed E-state index contributed by atoms with van der Waals surface area (Å²) in [4.78, 5) is 10.5. The van der Waals surface area contributed by atoms with Crippen LogP contribution in [0, 0.1) is 0 Å². The Labute approximate surface area is 104 Å². The maximum Gasteiger partial charge on any atom is 0.150 e. The van der Waals surface area contributed by atoms with Crippen molar-refractivity contribution in [2.45, 2.75) is 12.6 Å². The van der Waals surface area contributed by atoms with Crippen LogP contribution >= 0.6 is 0 Å². The van der Waals surface area contributed by atoms with Gasteiger partial charge in [0.2, 0.25) is 0 Å². The summed E-state index contributed by atoms with van der Waals surface area (Å²) in [5.74, 6) is 0.609. The molecule has 0 unspecified atom stereocenters. The van der Waals surface area contributed by atoms with Gasteiger partial charge in [-0.15, -0.1) is 5.10 Å². The number of benzene rings is 1. The van der Waals surface area contributed by atoms with Gasteiger partial charge in [0.25, 0.3) is 0 Å². The van der Waals surface area contributed by atoms with E-state index >= 15 is 0 Å². The Balaban J connectivity index is 1.81. The first-order valence-electron chi connectivity index (χ1n) is 5.48. The average molecular weight is 247 g/mol. The topological polar surface area (TPSA) is 77.2 Å². The standard InChI is InChI=1S/C12H13N3O3/c16-8-10-1-3-12(4-2-10)18-9-11(17)7-15-6-5-13-14-15/h1-6,8,11,17H,7,9H2/t11-/m1/s1. The van der Waals surface area contributed by atoms with Crippen molar-refractivity contribution in [1.29, 1.82) is 0 Å². The lowest BCUT2D eigenvalue weighted by molar-refractivity contribution is 0.0888. The maximum absolute atomic E-state index is 10.5. The Hall–Kier alpha value is -2.21. The predicted octanol–water partition coefficient (Wildman–Crippen LogP) is 0.530. The van der Waals surface area contributed by atoms with Crippen molar-refractivity contribution in [2.24, 2.45) is 0 Å². The molecule has 0 aliphatic rings. The van der Waals surface area contributed by atoms with Crippen LogP contribution in [0.2, 0.25) is 0 Å². The van der Waals surface area contributed by atoms with Crippen LogP contribution in [-0.2, 0) is 6.54 Å². The van der Waals surface area contributed by atoms with E-state index in [1.807, 2.05) is 0 Å². The number of carbonyl (C=O) groups excluding carboxylic acids is 1. The molecule has 0 fully saturated rings. The van der Waals surface area contributed by atoms with Crippen molar-refractivity contribution in [1.82, 2.24) is 15.0 Å². The quantitative estimate of drug-likeness (QED) is 0.753. The second-order valence-electron chi connectivity index (χ2n) is 3.78. The summed E-state index contributed by atoms with van der Waals surface area (Å²) < 4.78 is 6.92. The Morgan fingerprint density at radius 3 is 2.78 bits per heavy atom. The van der Waals surface area contributed by atoms with Gasteiger partial charge in [0.1, 0.15) is 24.7 Å². The highest BCUT2D eigenvalue weighted by atomic mass is 16.5. The highest BCUT2D eigenvalue weighted by molar-refractivity contribution is 5.74. The van der Waals surface area contributed by atoms with Gasteiger partial charge in [0, 0.05) is 11.8 Å². The molecule has 2 aromatic rings. The molecule has 0 aliphatic carbocycles. The molecule has 0 spiro atoms. The van der Waals surface area contributed by atoms with E-state index in [-0.39, 0.29) is 6.61 Å². The second kappa shape index (κ2) is 5.92. The van der Waals surface area contributed by atoms with Gasteiger partial charge >= 0.3 is 0 Å². The van der Waals surface area contributed by atoms with Crippen molar-refractivity contribution in [2.75, 3.05) is 6.61 Å². The molecule has 1 N–H and O–H groups in total. The number of aromatic nitrogens is 3. The van der Waals surface area contributed by atoms with Crippen LogP contribution in [0.25, 0.3) is 0 Å². The van der Waals surface area contributed by atoms with E-state index in [1.165, 1.54) is 4.68 Å². The molecule has 0 bridgehead atoms. The molecule has 2 rings (SSSR count). The minimum atomic E-state index is -0.669. The molecular weight excluding hydrogens is 234 g/mol. The zero-order chi connectivity index (χ0) is 12.8.